The zero-order chi connectivity index (χ0) is 22.9. The van der Waals surface area contributed by atoms with Gasteiger partial charge in [-0.2, -0.15) is 4.31 Å². The fraction of sp³-hybridized carbons (Fsp3) is 0.364. The first-order valence-electron chi connectivity index (χ1n) is 10.3. The van der Waals surface area contributed by atoms with Gasteiger partial charge in [0.15, 0.2) is 5.58 Å². The highest BCUT2D eigenvalue weighted by Crippen LogP contribution is 2.28. The van der Waals surface area contributed by atoms with Crippen LogP contribution >= 0.6 is 0 Å². The Balaban J connectivity index is 1.38. The van der Waals surface area contributed by atoms with Gasteiger partial charge in [-0.25, -0.2) is 13.2 Å². The topological polar surface area (TPSA) is 111 Å². The van der Waals surface area contributed by atoms with Crippen LogP contribution in [0.3, 0.4) is 0 Å². The number of ether oxygens (including phenoxy) is 1. The number of nitrogens with zero attached hydrogens (tertiary/aromatic N) is 2. The molecule has 1 aromatic heterocycles. The highest BCUT2D eigenvalue weighted by molar-refractivity contribution is 7.89. The Morgan fingerprint density at radius 3 is 2.62 bits per heavy atom. The number of hydrogen-bond donors (Lipinski definition) is 1. The van der Waals surface area contributed by atoms with Crippen molar-refractivity contribution in [3.63, 3.8) is 0 Å². The summed E-state index contributed by atoms with van der Waals surface area (Å²) in [7, 11) is -0.609. The van der Waals surface area contributed by atoms with Crippen molar-refractivity contribution in [2.75, 3.05) is 25.5 Å². The van der Waals surface area contributed by atoms with Crippen LogP contribution in [-0.2, 0) is 21.9 Å². The monoisotopic (exact) mass is 459 g/mol. The number of methoxy groups -OCH3 is 1. The van der Waals surface area contributed by atoms with E-state index < -0.39 is 15.8 Å². The Labute approximate surface area is 185 Å². The van der Waals surface area contributed by atoms with Crippen LogP contribution in [0.25, 0.3) is 11.1 Å². The lowest BCUT2D eigenvalue weighted by atomic mass is 9.94. The van der Waals surface area contributed by atoms with Crippen molar-refractivity contribution in [3.8, 4) is 5.75 Å². The molecule has 0 bridgehead atoms. The Hall–Kier alpha value is -3.11. The molecule has 10 heteroatoms. The number of amides is 1. The number of benzene rings is 2. The van der Waals surface area contributed by atoms with E-state index in [0.717, 1.165) is 0 Å². The average molecular weight is 460 g/mol. The number of carbonyl (C=O) groups excluding carboxylic acids is 1. The summed E-state index contributed by atoms with van der Waals surface area (Å²) in [4.78, 5) is 24.2. The molecule has 1 aliphatic rings. The highest BCUT2D eigenvalue weighted by atomic mass is 32.2. The van der Waals surface area contributed by atoms with Crippen LogP contribution in [0.1, 0.15) is 19.3 Å². The summed E-state index contributed by atoms with van der Waals surface area (Å²) < 4.78 is 39.3. The number of para-hydroxylation sites is 2. The number of sulfonamides is 1. The van der Waals surface area contributed by atoms with Gasteiger partial charge in [0.25, 0.3) is 0 Å². The fourth-order valence-electron chi connectivity index (χ4n) is 3.99. The third-order valence-electron chi connectivity index (χ3n) is 5.83. The van der Waals surface area contributed by atoms with Gasteiger partial charge in [0.2, 0.25) is 15.9 Å². The normalized spacial score (nSPS) is 15.7. The molecule has 0 unspecified atom stereocenters. The third kappa shape index (κ3) is 4.28. The number of fused-ring (bicyclic) bond motifs is 1. The maximum Gasteiger partial charge on any atom is 0.419 e. The predicted octanol–water partition coefficient (Wildman–Crippen LogP) is 2.57. The Bertz CT molecular complexity index is 1300. The van der Waals surface area contributed by atoms with E-state index in [4.69, 9.17) is 9.15 Å². The van der Waals surface area contributed by atoms with E-state index in [9.17, 15) is 18.0 Å². The molecule has 1 fully saturated rings. The van der Waals surface area contributed by atoms with Gasteiger partial charge in [0.1, 0.15) is 5.75 Å². The number of aromatic nitrogens is 1. The Morgan fingerprint density at radius 1 is 1.19 bits per heavy atom. The summed E-state index contributed by atoms with van der Waals surface area (Å²) in [6, 6.07) is 11.6. The average Bonchev–Trinajstić information content (AvgIpc) is 3.07. The number of aryl methyl sites for hydroxylation is 1. The van der Waals surface area contributed by atoms with Crippen molar-refractivity contribution in [3.05, 3.63) is 53.0 Å². The molecule has 1 aliphatic heterocycles. The number of carbonyl (C=O) groups is 1. The van der Waals surface area contributed by atoms with E-state index in [2.05, 4.69) is 5.32 Å². The minimum atomic E-state index is -3.72. The maximum absolute atomic E-state index is 13.1. The second-order valence-corrected chi connectivity index (χ2v) is 9.79. The summed E-state index contributed by atoms with van der Waals surface area (Å²) in [5.41, 5.74) is 1.39. The number of nitrogens with one attached hydrogen (secondary N) is 1. The number of rotatable bonds is 6. The first-order valence-corrected chi connectivity index (χ1v) is 11.8. The zero-order valence-corrected chi connectivity index (χ0v) is 18.7. The molecule has 1 saturated heterocycles. The minimum Gasteiger partial charge on any atom is -0.495 e. The lowest BCUT2D eigenvalue weighted by Crippen LogP contribution is -2.39. The van der Waals surface area contributed by atoms with Crippen LogP contribution < -0.4 is 15.8 Å². The van der Waals surface area contributed by atoms with E-state index in [1.165, 1.54) is 21.0 Å². The van der Waals surface area contributed by atoms with Gasteiger partial charge >= 0.3 is 5.76 Å². The van der Waals surface area contributed by atoms with Crippen LogP contribution in [0.15, 0.2) is 56.6 Å². The molecule has 0 atom stereocenters. The number of anilines is 1. The molecule has 32 heavy (non-hydrogen) atoms. The lowest BCUT2D eigenvalue weighted by molar-refractivity contribution is -0.117. The van der Waals surface area contributed by atoms with Crippen molar-refractivity contribution in [2.45, 2.75) is 24.2 Å². The first kappa shape index (κ1) is 22.1. The van der Waals surface area contributed by atoms with Crippen molar-refractivity contribution in [1.29, 1.82) is 0 Å². The van der Waals surface area contributed by atoms with Gasteiger partial charge in [0, 0.05) is 32.6 Å². The molecule has 1 amide bonds. The second kappa shape index (κ2) is 8.79. The van der Waals surface area contributed by atoms with Crippen molar-refractivity contribution in [2.24, 2.45) is 13.0 Å². The maximum atomic E-state index is 13.1. The van der Waals surface area contributed by atoms with Crippen LogP contribution in [0, 0.1) is 5.92 Å². The molecule has 170 valence electrons. The van der Waals surface area contributed by atoms with Crippen LogP contribution in [-0.4, -0.2) is 43.4 Å². The fourth-order valence-corrected chi connectivity index (χ4v) is 5.47. The molecule has 0 radical (unpaired) electrons. The molecule has 2 aromatic carbocycles. The SMILES string of the molecule is COc1ccccc1NC(=O)CC1CCN(S(=O)(=O)c2ccc3c(c2)oc(=O)n3C)CC1. The van der Waals surface area contributed by atoms with Gasteiger partial charge < -0.3 is 14.5 Å². The van der Waals surface area contributed by atoms with Crippen molar-refractivity contribution in [1.82, 2.24) is 8.87 Å². The van der Waals surface area contributed by atoms with Crippen molar-refractivity contribution < 1.29 is 22.4 Å². The van der Waals surface area contributed by atoms with Crippen molar-refractivity contribution >= 4 is 32.7 Å². The van der Waals surface area contributed by atoms with E-state index in [-0.39, 0.29) is 22.3 Å². The summed E-state index contributed by atoms with van der Waals surface area (Å²) in [6.45, 7) is 0.650. The molecular formula is C22H25N3O6S. The van der Waals surface area contributed by atoms with Gasteiger partial charge in [-0.3, -0.25) is 9.36 Å². The molecule has 1 N–H and O–H groups in total. The van der Waals surface area contributed by atoms with Crippen LogP contribution in [0.5, 0.6) is 5.75 Å². The predicted molar refractivity (Wildman–Crippen MR) is 119 cm³/mol. The minimum absolute atomic E-state index is 0.0887. The van der Waals surface area contributed by atoms with E-state index in [0.29, 0.717) is 49.3 Å². The molecule has 0 saturated carbocycles. The van der Waals surface area contributed by atoms with Crippen LogP contribution in [0.4, 0.5) is 5.69 Å². The second-order valence-electron chi connectivity index (χ2n) is 7.86. The third-order valence-corrected chi connectivity index (χ3v) is 7.72. The summed E-state index contributed by atoms with van der Waals surface area (Å²) >= 11 is 0. The molecule has 0 spiro atoms. The van der Waals surface area contributed by atoms with Crippen LogP contribution in [0.2, 0.25) is 0 Å². The molecule has 3 aromatic rings. The number of oxazole rings is 1. The molecule has 0 aliphatic carbocycles. The molecular weight excluding hydrogens is 434 g/mol. The summed E-state index contributed by atoms with van der Waals surface area (Å²) in [6.07, 6.45) is 1.48. The molecule has 2 heterocycles. The first-order chi connectivity index (χ1) is 15.3. The van der Waals surface area contributed by atoms with E-state index in [1.54, 1.807) is 32.4 Å². The Kier molecular flexibility index (Phi) is 6.07. The van der Waals surface area contributed by atoms with Gasteiger partial charge in [-0.1, -0.05) is 12.1 Å². The van der Waals surface area contributed by atoms with Gasteiger partial charge in [-0.15, -0.1) is 0 Å². The van der Waals surface area contributed by atoms with Gasteiger partial charge in [0.05, 0.1) is 23.2 Å². The molecule has 4 rings (SSSR count). The van der Waals surface area contributed by atoms with E-state index >= 15 is 0 Å². The lowest BCUT2D eigenvalue weighted by Gasteiger charge is -2.31. The standard InChI is InChI=1S/C22H25N3O6S/c1-24-18-8-7-16(14-20(18)31-22(24)27)32(28,29)25-11-9-15(10-12-25)13-21(26)23-17-5-3-4-6-19(17)30-2/h3-8,14-15H,9-13H2,1-2H3,(H,23,26). The summed E-state index contributed by atoms with van der Waals surface area (Å²) in [5, 5.41) is 2.87. The molecule has 9 nitrogen and oxygen atoms in total. The van der Waals surface area contributed by atoms with E-state index in [1.807, 2.05) is 12.1 Å². The number of hydrogen-bond acceptors (Lipinski definition) is 6. The summed E-state index contributed by atoms with van der Waals surface area (Å²) in [5.74, 6) is 0.0147. The zero-order valence-electron chi connectivity index (χ0n) is 17.9. The number of piperidine rings is 1. The largest absolute Gasteiger partial charge is 0.495 e. The van der Waals surface area contributed by atoms with Gasteiger partial charge in [-0.05, 0) is 43.0 Å². The highest BCUT2D eigenvalue weighted by Gasteiger charge is 2.30. The quantitative estimate of drug-likeness (QED) is 0.607. The smallest absolute Gasteiger partial charge is 0.419 e. The Morgan fingerprint density at radius 2 is 1.91 bits per heavy atom.